The fraction of sp³-hybridized carbons (Fsp3) is 0.481. The fourth-order valence-electron chi connectivity index (χ4n) is 4.52. The van der Waals surface area contributed by atoms with E-state index in [2.05, 4.69) is 57.3 Å². The molecule has 1 aliphatic rings. The molecule has 0 bridgehead atoms. The molecule has 1 unspecified atom stereocenters. The predicted octanol–water partition coefficient (Wildman–Crippen LogP) is 4.67. The van der Waals surface area contributed by atoms with E-state index in [0.717, 1.165) is 12.0 Å². The van der Waals surface area contributed by atoms with E-state index < -0.39 is 10.0 Å². The summed E-state index contributed by atoms with van der Waals surface area (Å²) in [6.07, 6.45) is 1.94. The zero-order valence-corrected chi connectivity index (χ0v) is 21.3. The minimum Gasteiger partial charge on any atom is -0.349 e. The lowest BCUT2D eigenvalue weighted by Crippen LogP contribution is -2.44. The number of amides is 1. The molecule has 1 atom stereocenters. The fourth-order valence-corrected chi connectivity index (χ4v) is 6.13. The van der Waals surface area contributed by atoms with Crippen LogP contribution in [-0.2, 0) is 21.2 Å². The number of benzene rings is 2. The van der Waals surface area contributed by atoms with Crippen molar-refractivity contribution in [1.29, 1.82) is 5.26 Å². The van der Waals surface area contributed by atoms with Crippen LogP contribution in [0.15, 0.2) is 53.4 Å². The molecule has 2 aromatic rings. The quantitative estimate of drug-likeness (QED) is 0.593. The van der Waals surface area contributed by atoms with Crippen LogP contribution in [-0.4, -0.2) is 31.7 Å². The number of carbonyl (C=O) groups is 1. The van der Waals surface area contributed by atoms with Gasteiger partial charge in [0.1, 0.15) is 6.07 Å². The molecule has 34 heavy (non-hydrogen) atoms. The maximum atomic E-state index is 13.1. The highest BCUT2D eigenvalue weighted by molar-refractivity contribution is 7.89. The van der Waals surface area contributed by atoms with Crippen molar-refractivity contribution in [3.05, 3.63) is 65.2 Å². The molecule has 0 saturated carbocycles. The van der Waals surface area contributed by atoms with E-state index in [1.807, 2.05) is 6.07 Å². The topological polar surface area (TPSA) is 90.3 Å². The number of hydrogen-bond acceptors (Lipinski definition) is 4. The van der Waals surface area contributed by atoms with E-state index in [1.165, 1.54) is 22.0 Å². The first-order valence-electron chi connectivity index (χ1n) is 12.0. The number of carbonyl (C=O) groups excluding carboxylic acids is 1. The van der Waals surface area contributed by atoms with Crippen molar-refractivity contribution in [1.82, 2.24) is 9.62 Å². The second-order valence-corrected chi connectivity index (χ2v) is 11.8. The van der Waals surface area contributed by atoms with Crippen molar-refractivity contribution in [2.24, 2.45) is 17.8 Å². The highest BCUT2D eigenvalue weighted by Gasteiger charge is 2.34. The summed E-state index contributed by atoms with van der Waals surface area (Å²) >= 11 is 0. The zero-order valence-electron chi connectivity index (χ0n) is 20.5. The van der Waals surface area contributed by atoms with Crippen LogP contribution in [0.5, 0.6) is 0 Å². The first-order valence-corrected chi connectivity index (χ1v) is 13.5. The average molecular weight is 482 g/mol. The lowest BCUT2D eigenvalue weighted by molar-refractivity contribution is -0.127. The van der Waals surface area contributed by atoms with Gasteiger partial charge < -0.3 is 5.32 Å². The third kappa shape index (κ3) is 6.05. The Labute approximate surface area is 204 Å². The zero-order chi connectivity index (χ0) is 24.9. The Morgan fingerprint density at radius 1 is 1.06 bits per heavy atom. The number of hydrogen-bond donors (Lipinski definition) is 1. The molecule has 182 valence electrons. The summed E-state index contributed by atoms with van der Waals surface area (Å²) in [5.41, 5.74) is 2.52. The van der Waals surface area contributed by atoms with E-state index in [-0.39, 0.29) is 47.3 Å². The van der Waals surface area contributed by atoms with Gasteiger partial charge in [0.05, 0.1) is 16.5 Å². The molecule has 0 spiro atoms. The van der Waals surface area contributed by atoms with Crippen LogP contribution in [0.4, 0.5) is 0 Å². The van der Waals surface area contributed by atoms with E-state index >= 15 is 0 Å². The summed E-state index contributed by atoms with van der Waals surface area (Å²) in [5, 5.41) is 12.5. The molecular formula is C27H35N3O3S. The molecule has 0 radical (unpaired) electrons. The van der Waals surface area contributed by atoms with Crippen LogP contribution in [0.3, 0.4) is 0 Å². The summed E-state index contributed by atoms with van der Waals surface area (Å²) in [7, 11) is -3.77. The summed E-state index contributed by atoms with van der Waals surface area (Å²) in [6, 6.07) is 16.6. The van der Waals surface area contributed by atoms with Gasteiger partial charge >= 0.3 is 0 Å². The summed E-state index contributed by atoms with van der Waals surface area (Å²) in [5.74, 6) is 0.552. The Kier molecular flexibility index (Phi) is 8.51. The minimum atomic E-state index is -3.77. The molecule has 1 saturated heterocycles. The van der Waals surface area contributed by atoms with E-state index in [9.17, 15) is 18.5 Å². The third-order valence-corrected chi connectivity index (χ3v) is 8.35. The lowest BCUT2D eigenvalue weighted by atomic mass is 9.91. The maximum absolute atomic E-state index is 13.1. The Morgan fingerprint density at radius 3 is 2.24 bits per heavy atom. The van der Waals surface area contributed by atoms with Crippen LogP contribution in [0.1, 0.15) is 63.3 Å². The Bertz CT molecular complexity index is 1130. The van der Waals surface area contributed by atoms with Crippen molar-refractivity contribution in [2.45, 2.75) is 57.9 Å². The number of nitrogens with zero attached hydrogens (tertiary/aromatic N) is 2. The molecule has 1 fully saturated rings. The second kappa shape index (κ2) is 11.2. The number of nitrogens with one attached hydrogen (secondary N) is 1. The molecular weight excluding hydrogens is 446 g/mol. The Morgan fingerprint density at radius 2 is 1.68 bits per heavy atom. The highest BCUT2D eigenvalue weighted by atomic mass is 32.2. The molecule has 0 aromatic heterocycles. The minimum absolute atomic E-state index is 0.0283. The van der Waals surface area contributed by atoms with Gasteiger partial charge in [-0.2, -0.15) is 9.57 Å². The molecule has 6 nitrogen and oxygen atoms in total. The first kappa shape index (κ1) is 25.9. The number of piperidine rings is 1. The molecule has 1 amide bonds. The predicted molar refractivity (Wildman–Crippen MR) is 133 cm³/mol. The van der Waals surface area contributed by atoms with Gasteiger partial charge in [-0.1, -0.05) is 64.1 Å². The standard InChI is InChI=1S/C27H35N3O3S/c1-19(2)17-21-9-11-22(12-10-21)26(20(3)4)29-27(31)23-13-15-30(16-14-23)34(32,33)25-8-6-5-7-24(25)18-28/h5-12,19-20,23,26H,13-17H2,1-4H3,(H,29,31). The molecule has 2 aromatic carbocycles. The van der Waals surface area contributed by atoms with Crippen LogP contribution in [0.25, 0.3) is 0 Å². The highest BCUT2D eigenvalue weighted by Crippen LogP contribution is 2.28. The van der Waals surface area contributed by atoms with Crippen LogP contribution >= 0.6 is 0 Å². The van der Waals surface area contributed by atoms with Crippen molar-refractivity contribution >= 4 is 15.9 Å². The van der Waals surface area contributed by atoms with Crippen molar-refractivity contribution in [2.75, 3.05) is 13.1 Å². The Hall–Kier alpha value is -2.69. The summed E-state index contributed by atoms with van der Waals surface area (Å²) in [4.78, 5) is 13.1. The summed E-state index contributed by atoms with van der Waals surface area (Å²) in [6.45, 7) is 9.10. The third-order valence-electron chi connectivity index (χ3n) is 6.40. The first-order chi connectivity index (χ1) is 16.1. The number of rotatable bonds is 8. The average Bonchev–Trinajstić information content (AvgIpc) is 2.82. The van der Waals surface area contributed by atoms with E-state index in [4.69, 9.17) is 0 Å². The van der Waals surface area contributed by atoms with Gasteiger partial charge in [0.2, 0.25) is 15.9 Å². The van der Waals surface area contributed by atoms with Gasteiger partial charge in [-0.3, -0.25) is 4.79 Å². The van der Waals surface area contributed by atoms with Gasteiger partial charge in [0.15, 0.2) is 0 Å². The Balaban J connectivity index is 1.64. The van der Waals surface area contributed by atoms with Crippen LogP contribution < -0.4 is 5.32 Å². The monoisotopic (exact) mass is 481 g/mol. The second-order valence-electron chi connectivity index (χ2n) is 9.86. The van der Waals surface area contributed by atoms with Crippen molar-refractivity contribution in [3.8, 4) is 6.07 Å². The molecule has 0 aliphatic carbocycles. The molecule has 1 heterocycles. The van der Waals surface area contributed by atoms with Crippen LogP contribution in [0.2, 0.25) is 0 Å². The normalized spacial score (nSPS) is 16.4. The smallest absolute Gasteiger partial charge is 0.244 e. The number of sulfonamides is 1. The van der Waals surface area contributed by atoms with Crippen molar-refractivity contribution < 1.29 is 13.2 Å². The lowest BCUT2D eigenvalue weighted by Gasteiger charge is -2.32. The maximum Gasteiger partial charge on any atom is 0.244 e. The van der Waals surface area contributed by atoms with Gasteiger partial charge in [-0.25, -0.2) is 8.42 Å². The molecule has 3 rings (SSSR count). The molecule has 1 N–H and O–H groups in total. The van der Waals surface area contributed by atoms with Gasteiger partial charge in [0.25, 0.3) is 0 Å². The van der Waals surface area contributed by atoms with Crippen LogP contribution in [0, 0.1) is 29.1 Å². The van der Waals surface area contributed by atoms with E-state index in [1.54, 1.807) is 12.1 Å². The molecule has 7 heteroatoms. The van der Waals surface area contributed by atoms with Gasteiger partial charge in [-0.05, 0) is 54.4 Å². The van der Waals surface area contributed by atoms with Gasteiger partial charge in [0, 0.05) is 19.0 Å². The van der Waals surface area contributed by atoms with Crippen molar-refractivity contribution in [3.63, 3.8) is 0 Å². The van der Waals surface area contributed by atoms with Gasteiger partial charge in [-0.15, -0.1) is 0 Å². The van der Waals surface area contributed by atoms with E-state index in [0.29, 0.717) is 18.8 Å². The molecule has 1 aliphatic heterocycles. The summed E-state index contributed by atoms with van der Waals surface area (Å²) < 4.78 is 27.5. The largest absolute Gasteiger partial charge is 0.349 e. The number of nitriles is 1. The SMILES string of the molecule is CC(C)Cc1ccc(C(NC(=O)C2CCN(S(=O)(=O)c3ccccc3C#N)CC2)C(C)C)cc1.